The molecule has 0 fully saturated rings. The Morgan fingerprint density at radius 1 is 1.08 bits per heavy atom. The summed E-state index contributed by atoms with van der Waals surface area (Å²) in [5.74, 6) is 0.796. The van der Waals surface area contributed by atoms with Crippen molar-refractivity contribution in [2.75, 3.05) is 18.9 Å². The van der Waals surface area contributed by atoms with Gasteiger partial charge in [0.15, 0.2) is 11.5 Å². The molecule has 0 unspecified atom stereocenters. The zero-order valence-corrected chi connectivity index (χ0v) is 15.1. The number of sulfonamides is 1. The maximum atomic E-state index is 12.8. The molecule has 1 N–H and O–H groups in total. The molecule has 0 aliphatic carbocycles. The zero-order valence-electron chi connectivity index (χ0n) is 14.3. The molecular weight excluding hydrogens is 356 g/mol. The fraction of sp³-hybridized carbons (Fsp3) is 0.176. The highest BCUT2D eigenvalue weighted by Gasteiger charge is 2.18. The third-order valence-corrected chi connectivity index (χ3v) is 5.09. The second-order valence-electron chi connectivity index (χ2n) is 5.37. The number of nitrogens with zero attached hydrogens (tertiary/aromatic N) is 3. The second kappa shape index (κ2) is 7.44. The standard InChI is InChI=1S/C17H18N4O4S/c1-24-16-8-7-14(9-17(16)25-2)26(22,23)20-15-6-4-3-5-13(15)10-21-12-18-11-19-21/h3-9,11-12,20H,10H2,1-2H3. The van der Waals surface area contributed by atoms with E-state index in [0.29, 0.717) is 23.7 Å². The third kappa shape index (κ3) is 3.77. The molecule has 0 spiro atoms. The van der Waals surface area contributed by atoms with Gasteiger partial charge in [-0.2, -0.15) is 5.10 Å². The first-order valence-corrected chi connectivity index (χ1v) is 9.17. The Labute approximate surface area is 151 Å². The van der Waals surface area contributed by atoms with E-state index < -0.39 is 10.0 Å². The number of methoxy groups -OCH3 is 2. The Hall–Kier alpha value is -3.07. The van der Waals surface area contributed by atoms with Gasteiger partial charge in [0.2, 0.25) is 0 Å². The van der Waals surface area contributed by atoms with Crippen LogP contribution in [0.5, 0.6) is 11.5 Å². The fourth-order valence-electron chi connectivity index (χ4n) is 2.43. The van der Waals surface area contributed by atoms with Crippen LogP contribution in [0.15, 0.2) is 60.0 Å². The summed E-state index contributed by atoms with van der Waals surface area (Å²) in [6.45, 7) is 0.393. The van der Waals surface area contributed by atoms with E-state index in [1.165, 1.54) is 32.7 Å². The summed E-state index contributed by atoms with van der Waals surface area (Å²) in [7, 11) is -0.859. The van der Waals surface area contributed by atoms with E-state index in [9.17, 15) is 8.42 Å². The number of anilines is 1. The van der Waals surface area contributed by atoms with Gasteiger partial charge in [0.25, 0.3) is 10.0 Å². The number of nitrogens with one attached hydrogen (secondary N) is 1. The van der Waals surface area contributed by atoms with Gasteiger partial charge in [-0.25, -0.2) is 18.1 Å². The molecule has 9 heteroatoms. The zero-order chi connectivity index (χ0) is 18.6. The van der Waals surface area contributed by atoms with Crippen LogP contribution in [-0.2, 0) is 16.6 Å². The molecule has 0 aliphatic rings. The van der Waals surface area contributed by atoms with Crippen LogP contribution in [0.1, 0.15) is 5.56 Å². The summed E-state index contributed by atoms with van der Waals surface area (Å²) >= 11 is 0. The maximum Gasteiger partial charge on any atom is 0.262 e. The van der Waals surface area contributed by atoms with Gasteiger partial charge >= 0.3 is 0 Å². The van der Waals surface area contributed by atoms with Crippen molar-refractivity contribution >= 4 is 15.7 Å². The normalized spacial score (nSPS) is 11.2. The number of rotatable bonds is 7. The van der Waals surface area contributed by atoms with Gasteiger partial charge in [-0.1, -0.05) is 18.2 Å². The molecule has 0 bridgehead atoms. The van der Waals surface area contributed by atoms with E-state index in [1.54, 1.807) is 29.2 Å². The van der Waals surface area contributed by atoms with E-state index in [2.05, 4.69) is 14.8 Å². The maximum absolute atomic E-state index is 12.8. The number of hydrogen-bond acceptors (Lipinski definition) is 6. The topological polar surface area (TPSA) is 95.3 Å². The van der Waals surface area contributed by atoms with Crippen molar-refractivity contribution in [1.82, 2.24) is 14.8 Å². The van der Waals surface area contributed by atoms with Gasteiger partial charge in [-0.05, 0) is 23.8 Å². The van der Waals surface area contributed by atoms with Gasteiger partial charge in [-0.15, -0.1) is 0 Å². The summed E-state index contributed by atoms with van der Waals surface area (Å²) in [5.41, 5.74) is 1.24. The lowest BCUT2D eigenvalue weighted by Crippen LogP contribution is -2.15. The average Bonchev–Trinajstić information content (AvgIpc) is 3.15. The molecule has 8 nitrogen and oxygen atoms in total. The van der Waals surface area contributed by atoms with E-state index in [0.717, 1.165) is 5.56 Å². The van der Waals surface area contributed by atoms with Crippen LogP contribution in [0.2, 0.25) is 0 Å². The molecule has 0 radical (unpaired) electrons. The monoisotopic (exact) mass is 374 g/mol. The van der Waals surface area contributed by atoms with E-state index in [-0.39, 0.29) is 4.90 Å². The van der Waals surface area contributed by atoms with Crippen LogP contribution in [0.25, 0.3) is 0 Å². The molecular formula is C17H18N4O4S. The molecule has 3 rings (SSSR count). The van der Waals surface area contributed by atoms with Crippen LogP contribution in [0.3, 0.4) is 0 Å². The highest BCUT2D eigenvalue weighted by atomic mass is 32.2. The van der Waals surface area contributed by atoms with Crippen LogP contribution >= 0.6 is 0 Å². The van der Waals surface area contributed by atoms with Crippen molar-refractivity contribution in [2.24, 2.45) is 0 Å². The number of benzene rings is 2. The summed E-state index contributed by atoms with van der Waals surface area (Å²) in [6.07, 6.45) is 3.00. The third-order valence-electron chi connectivity index (χ3n) is 3.73. The Morgan fingerprint density at radius 2 is 1.85 bits per heavy atom. The molecule has 0 amide bonds. The van der Waals surface area contributed by atoms with Crippen molar-refractivity contribution in [3.05, 3.63) is 60.7 Å². The molecule has 0 saturated heterocycles. The lowest BCUT2D eigenvalue weighted by molar-refractivity contribution is 0.354. The smallest absolute Gasteiger partial charge is 0.262 e. The summed E-state index contributed by atoms with van der Waals surface area (Å²) in [6, 6.07) is 11.6. The van der Waals surface area contributed by atoms with E-state index >= 15 is 0 Å². The highest BCUT2D eigenvalue weighted by molar-refractivity contribution is 7.92. The minimum absolute atomic E-state index is 0.0747. The SMILES string of the molecule is COc1ccc(S(=O)(=O)Nc2ccccc2Cn2cncn2)cc1OC. The summed E-state index contributed by atoms with van der Waals surface area (Å²) in [5, 5.41) is 4.05. The van der Waals surface area contributed by atoms with Crippen molar-refractivity contribution in [2.45, 2.75) is 11.4 Å². The molecule has 0 atom stereocenters. The molecule has 0 aliphatic heterocycles. The van der Waals surface area contributed by atoms with Gasteiger partial charge < -0.3 is 9.47 Å². The van der Waals surface area contributed by atoms with Crippen LogP contribution < -0.4 is 14.2 Å². The first-order chi connectivity index (χ1) is 12.5. The lowest BCUT2D eigenvalue weighted by atomic mass is 10.2. The molecule has 1 aromatic heterocycles. The Kier molecular flexibility index (Phi) is 5.08. The molecule has 1 heterocycles. The van der Waals surface area contributed by atoms with Crippen molar-refractivity contribution in [3.8, 4) is 11.5 Å². The van der Waals surface area contributed by atoms with Crippen molar-refractivity contribution < 1.29 is 17.9 Å². The predicted molar refractivity (Wildman–Crippen MR) is 95.9 cm³/mol. The molecule has 136 valence electrons. The quantitative estimate of drug-likeness (QED) is 0.681. The highest BCUT2D eigenvalue weighted by Crippen LogP contribution is 2.30. The average molecular weight is 374 g/mol. The largest absolute Gasteiger partial charge is 0.493 e. The van der Waals surface area contributed by atoms with Crippen molar-refractivity contribution in [1.29, 1.82) is 0 Å². The fourth-order valence-corrected chi connectivity index (χ4v) is 3.55. The van der Waals surface area contributed by atoms with Crippen LogP contribution in [0.4, 0.5) is 5.69 Å². The van der Waals surface area contributed by atoms with E-state index in [4.69, 9.17) is 9.47 Å². The van der Waals surface area contributed by atoms with Crippen molar-refractivity contribution in [3.63, 3.8) is 0 Å². The minimum Gasteiger partial charge on any atom is -0.493 e. The van der Waals surface area contributed by atoms with Crippen LogP contribution in [-0.4, -0.2) is 37.4 Å². The number of para-hydroxylation sites is 1. The van der Waals surface area contributed by atoms with Crippen LogP contribution in [0, 0.1) is 0 Å². The second-order valence-corrected chi connectivity index (χ2v) is 7.05. The Morgan fingerprint density at radius 3 is 2.54 bits per heavy atom. The predicted octanol–water partition coefficient (Wildman–Crippen LogP) is 2.14. The first-order valence-electron chi connectivity index (χ1n) is 7.68. The van der Waals surface area contributed by atoms with Gasteiger partial charge in [0.05, 0.1) is 31.3 Å². The van der Waals surface area contributed by atoms with Gasteiger partial charge in [-0.3, -0.25) is 4.72 Å². The van der Waals surface area contributed by atoms with E-state index in [1.807, 2.05) is 12.1 Å². The Bertz CT molecular complexity index is 988. The number of hydrogen-bond donors (Lipinski definition) is 1. The van der Waals surface area contributed by atoms with Gasteiger partial charge in [0, 0.05) is 6.07 Å². The lowest BCUT2D eigenvalue weighted by Gasteiger charge is -2.14. The summed E-state index contributed by atoms with van der Waals surface area (Å²) < 4.78 is 40.1. The van der Waals surface area contributed by atoms with Gasteiger partial charge in [0.1, 0.15) is 12.7 Å². The summed E-state index contributed by atoms with van der Waals surface area (Å²) in [4.78, 5) is 3.97. The molecule has 0 saturated carbocycles. The number of ether oxygens (including phenoxy) is 2. The molecule has 2 aromatic carbocycles. The molecule has 3 aromatic rings. The first kappa shape index (κ1) is 17.7. The molecule has 26 heavy (non-hydrogen) atoms. The minimum atomic E-state index is -3.80. The Balaban J connectivity index is 1.91. The number of aromatic nitrogens is 3.